The van der Waals surface area contributed by atoms with Crippen molar-refractivity contribution >= 4 is 34.2 Å². The quantitative estimate of drug-likeness (QED) is 0.361. The molecule has 1 N–H and O–H groups in total. The summed E-state index contributed by atoms with van der Waals surface area (Å²) >= 11 is 6.24. The van der Waals surface area contributed by atoms with E-state index >= 15 is 0 Å². The largest absolute Gasteiger partial charge is 0.496 e. The molecule has 174 valence electrons. The zero-order valence-corrected chi connectivity index (χ0v) is 19.6. The molecule has 4 aromatic rings. The lowest BCUT2D eigenvalue weighted by Gasteiger charge is -2.16. The minimum Gasteiger partial charge on any atom is -0.496 e. The lowest BCUT2D eigenvalue weighted by Crippen LogP contribution is -2.21. The number of methoxy groups -OCH3 is 3. The Balaban J connectivity index is 1.80. The second-order valence-corrected chi connectivity index (χ2v) is 7.82. The van der Waals surface area contributed by atoms with Crippen molar-refractivity contribution in [1.82, 2.24) is 0 Å². The van der Waals surface area contributed by atoms with Gasteiger partial charge in [0.1, 0.15) is 28.5 Å². The third-order valence-corrected chi connectivity index (χ3v) is 5.58. The molecular weight excluding hydrogens is 458 g/mol. The van der Waals surface area contributed by atoms with Gasteiger partial charge in [0.25, 0.3) is 0 Å². The van der Waals surface area contributed by atoms with Gasteiger partial charge in [-0.3, -0.25) is 4.79 Å². The number of carbonyl (C=O) groups excluding carboxylic acids is 1. The highest BCUT2D eigenvalue weighted by molar-refractivity contribution is 6.31. The number of fused-ring (bicyclic) bond motifs is 1. The Morgan fingerprint density at radius 1 is 0.941 bits per heavy atom. The first-order valence-corrected chi connectivity index (χ1v) is 10.7. The SMILES string of the molecule is COc1cc(OC)c(NC(=O)Cc2c(-c3ccccc3)c3cc(Cl)ccc3oc2=O)c(OC)c1. The highest BCUT2D eigenvalue weighted by Crippen LogP contribution is 2.39. The van der Waals surface area contributed by atoms with Crippen LogP contribution in [0, 0.1) is 0 Å². The van der Waals surface area contributed by atoms with Crippen LogP contribution in [0.4, 0.5) is 5.69 Å². The first-order valence-electron chi connectivity index (χ1n) is 10.4. The van der Waals surface area contributed by atoms with Gasteiger partial charge in [0.05, 0.1) is 33.3 Å². The van der Waals surface area contributed by atoms with Crippen LogP contribution in [0.25, 0.3) is 22.1 Å². The second-order valence-electron chi connectivity index (χ2n) is 7.38. The average molecular weight is 480 g/mol. The van der Waals surface area contributed by atoms with E-state index in [1.54, 1.807) is 30.3 Å². The van der Waals surface area contributed by atoms with Crippen LogP contribution in [0.1, 0.15) is 5.56 Å². The smallest absolute Gasteiger partial charge is 0.340 e. The van der Waals surface area contributed by atoms with Crippen LogP contribution in [0.3, 0.4) is 0 Å². The van der Waals surface area contributed by atoms with Crippen molar-refractivity contribution in [2.75, 3.05) is 26.6 Å². The van der Waals surface area contributed by atoms with Crippen molar-refractivity contribution in [3.63, 3.8) is 0 Å². The maximum absolute atomic E-state index is 13.2. The Hall–Kier alpha value is -3.97. The fraction of sp³-hybridized carbons (Fsp3) is 0.154. The fourth-order valence-corrected chi connectivity index (χ4v) is 3.95. The molecule has 0 aliphatic heterocycles. The lowest BCUT2D eigenvalue weighted by atomic mass is 9.95. The third-order valence-electron chi connectivity index (χ3n) is 5.34. The van der Waals surface area contributed by atoms with Crippen LogP contribution in [0.2, 0.25) is 5.02 Å². The first-order chi connectivity index (χ1) is 16.4. The van der Waals surface area contributed by atoms with Gasteiger partial charge in [-0.05, 0) is 23.8 Å². The minimum absolute atomic E-state index is 0.213. The van der Waals surface area contributed by atoms with Crippen molar-refractivity contribution in [1.29, 1.82) is 0 Å². The topological polar surface area (TPSA) is 87.0 Å². The number of halogens is 1. The van der Waals surface area contributed by atoms with Crippen LogP contribution < -0.4 is 25.2 Å². The van der Waals surface area contributed by atoms with Crippen molar-refractivity contribution in [3.05, 3.63) is 81.7 Å². The van der Waals surface area contributed by atoms with E-state index in [2.05, 4.69) is 5.32 Å². The maximum atomic E-state index is 13.2. The number of ether oxygens (including phenoxy) is 3. The van der Waals surface area contributed by atoms with Gasteiger partial charge in [0.15, 0.2) is 0 Å². The molecule has 34 heavy (non-hydrogen) atoms. The Labute approximate surface area is 200 Å². The van der Waals surface area contributed by atoms with E-state index in [1.165, 1.54) is 21.3 Å². The van der Waals surface area contributed by atoms with E-state index < -0.39 is 11.5 Å². The molecule has 0 radical (unpaired) electrons. The molecule has 0 spiro atoms. The normalized spacial score (nSPS) is 10.7. The third kappa shape index (κ3) is 4.56. The van der Waals surface area contributed by atoms with Gasteiger partial charge in [-0.15, -0.1) is 0 Å². The van der Waals surface area contributed by atoms with E-state index in [1.807, 2.05) is 30.3 Å². The van der Waals surface area contributed by atoms with Gasteiger partial charge in [0.2, 0.25) is 5.91 Å². The monoisotopic (exact) mass is 479 g/mol. The lowest BCUT2D eigenvalue weighted by molar-refractivity contribution is -0.115. The van der Waals surface area contributed by atoms with Crippen molar-refractivity contribution in [3.8, 4) is 28.4 Å². The fourth-order valence-electron chi connectivity index (χ4n) is 3.78. The molecule has 0 aliphatic rings. The minimum atomic E-state index is -0.600. The highest BCUT2D eigenvalue weighted by atomic mass is 35.5. The van der Waals surface area contributed by atoms with Gasteiger partial charge >= 0.3 is 5.63 Å². The van der Waals surface area contributed by atoms with Crippen LogP contribution in [0.5, 0.6) is 17.2 Å². The molecule has 0 bridgehead atoms. The molecule has 0 aliphatic carbocycles. The number of rotatable bonds is 7. The summed E-state index contributed by atoms with van der Waals surface area (Å²) in [7, 11) is 4.46. The van der Waals surface area contributed by atoms with Gasteiger partial charge in [-0.2, -0.15) is 0 Å². The average Bonchev–Trinajstić information content (AvgIpc) is 2.85. The summed E-state index contributed by atoms with van der Waals surface area (Å²) in [6.07, 6.45) is -0.243. The molecule has 0 atom stereocenters. The summed E-state index contributed by atoms with van der Waals surface area (Å²) in [5, 5.41) is 3.92. The summed E-state index contributed by atoms with van der Waals surface area (Å²) < 4.78 is 21.6. The van der Waals surface area contributed by atoms with Crippen molar-refractivity contribution in [2.45, 2.75) is 6.42 Å². The Bertz CT molecular complexity index is 1390. The number of amides is 1. The van der Waals surface area contributed by atoms with Crippen LogP contribution in [0.15, 0.2) is 69.9 Å². The number of nitrogens with one attached hydrogen (secondary N) is 1. The predicted molar refractivity (Wildman–Crippen MR) is 131 cm³/mol. The van der Waals surface area contributed by atoms with Gasteiger partial charge in [-0.1, -0.05) is 41.9 Å². The molecule has 0 saturated heterocycles. The number of hydrogen-bond donors (Lipinski definition) is 1. The number of hydrogen-bond acceptors (Lipinski definition) is 6. The maximum Gasteiger partial charge on any atom is 0.340 e. The Morgan fingerprint density at radius 3 is 2.24 bits per heavy atom. The molecule has 1 amide bonds. The molecule has 1 aromatic heterocycles. The zero-order valence-electron chi connectivity index (χ0n) is 18.8. The molecule has 1 heterocycles. The molecule has 7 nitrogen and oxygen atoms in total. The number of benzene rings is 3. The molecule has 4 rings (SSSR count). The van der Waals surface area contributed by atoms with E-state index in [0.717, 1.165) is 5.56 Å². The van der Waals surface area contributed by atoms with Gasteiger partial charge in [0, 0.05) is 28.1 Å². The molecule has 0 saturated carbocycles. The van der Waals surface area contributed by atoms with Gasteiger partial charge in [-0.25, -0.2) is 4.79 Å². The summed E-state index contributed by atoms with van der Waals surface area (Å²) in [5.41, 5.74) is 1.69. The number of anilines is 1. The molecule has 3 aromatic carbocycles. The highest BCUT2D eigenvalue weighted by Gasteiger charge is 2.22. The van der Waals surface area contributed by atoms with E-state index in [0.29, 0.717) is 44.5 Å². The van der Waals surface area contributed by atoms with E-state index in [9.17, 15) is 9.59 Å². The summed E-state index contributed by atoms with van der Waals surface area (Å²) in [4.78, 5) is 26.1. The Kier molecular flexibility index (Phi) is 6.75. The first kappa shape index (κ1) is 23.2. The van der Waals surface area contributed by atoms with E-state index in [-0.39, 0.29) is 12.0 Å². The van der Waals surface area contributed by atoms with Crippen LogP contribution in [-0.4, -0.2) is 27.2 Å². The van der Waals surface area contributed by atoms with Crippen molar-refractivity contribution in [2.24, 2.45) is 0 Å². The molecular formula is C26H22ClNO6. The van der Waals surface area contributed by atoms with E-state index in [4.69, 9.17) is 30.2 Å². The Morgan fingerprint density at radius 2 is 1.62 bits per heavy atom. The standard InChI is InChI=1S/C26H22ClNO6/c1-31-17-12-21(32-2)25(22(13-17)33-3)28-23(29)14-19-24(15-7-5-4-6-8-15)18-11-16(27)9-10-20(18)34-26(19)30/h4-13H,14H2,1-3H3,(H,28,29). The summed E-state index contributed by atoms with van der Waals surface area (Å²) in [6, 6.07) is 17.6. The molecule has 0 fully saturated rings. The van der Waals surface area contributed by atoms with Crippen molar-refractivity contribution < 1.29 is 23.4 Å². The molecule has 8 heteroatoms. The van der Waals surface area contributed by atoms with Crippen LogP contribution in [-0.2, 0) is 11.2 Å². The zero-order chi connectivity index (χ0) is 24.2. The summed E-state index contributed by atoms with van der Waals surface area (Å²) in [6.45, 7) is 0. The second kappa shape index (κ2) is 9.89. The predicted octanol–water partition coefficient (Wildman–Crippen LogP) is 5.32. The summed E-state index contributed by atoms with van der Waals surface area (Å²) in [5.74, 6) is 0.757. The van der Waals surface area contributed by atoms with Crippen LogP contribution >= 0.6 is 11.6 Å². The number of carbonyl (C=O) groups is 1. The van der Waals surface area contributed by atoms with Gasteiger partial charge < -0.3 is 23.9 Å². The molecule has 0 unspecified atom stereocenters.